The molecule has 0 amide bonds. The first-order valence-electron chi connectivity index (χ1n) is 4.08. The molecule has 1 aromatic carbocycles. The molecule has 1 aromatic rings. The number of rotatable bonds is 3. The Bertz CT molecular complexity index is 422. The zero-order valence-electron chi connectivity index (χ0n) is 7.91. The highest BCUT2D eigenvalue weighted by molar-refractivity contribution is 5.52. The average Bonchev–Trinajstić information content (AvgIpc) is 2.18. The van der Waals surface area contributed by atoms with Crippen molar-refractivity contribution in [3.8, 4) is 0 Å². The van der Waals surface area contributed by atoms with E-state index in [1.807, 2.05) is 0 Å². The molecule has 0 aliphatic rings. The molecule has 0 atom stereocenters. The molecule has 0 unspecified atom stereocenters. The van der Waals surface area contributed by atoms with Crippen LogP contribution in [0, 0.1) is 20.2 Å². The predicted molar refractivity (Wildman–Crippen MR) is 53.7 cm³/mol. The van der Waals surface area contributed by atoms with Gasteiger partial charge in [-0.2, -0.15) is 0 Å². The fourth-order valence-electron chi connectivity index (χ4n) is 0.986. The summed E-state index contributed by atoms with van der Waals surface area (Å²) in [5, 5.41) is 20.6. The molecule has 0 aromatic heterocycles. The largest absolute Gasteiger partial charge is 0.269 e. The van der Waals surface area contributed by atoms with E-state index in [2.05, 4.69) is 0 Å². The number of non-ortho nitro benzene ring substituents is 1. The van der Waals surface area contributed by atoms with Crippen molar-refractivity contribution in [2.75, 3.05) is 0 Å². The van der Waals surface area contributed by atoms with Crippen LogP contribution in [0.2, 0.25) is 0 Å². The number of hydrogen-bond acceptors (Lipinski definition) is 4. The summed E-state index contributed by atoms with van der Waals surface area (Å²) in [5.41, 5.74) is 0.518. The van der Waals surface area contributed by atoms with E-state index in [4.69, 9.17) is 0 Å². The quantitative estimate of drug-likeness (QED) is 0.562. The van der Waals surface area contributed by atoms with Crippen molar-refractivity contribution in [2.24, 2.45) is 0 Å². The highest BCUT2D eigenvalue weighted by Crippen LogP contribution is 2.14. The zero-order chi connectivity index (χ0) is 11.4. The van der Waals surface area contributed by atoms with Crippen LogP contribution in [0.25, 0.3) is 6.08 Å². The van der Waals surface area contributed by atoms with Crippen LogP contribution in [-0.2, 0) is 0 Å². The van der Waals surface area contributed by atoms with Gasteiger partial charge in [0.2, 0.25) is 5.70 Å². The fourth-order valence-corrected chi connectivity index (χ4v) is 0.986. The van der Waals surface area contributed by atoms with Gasteiger partial charge in [0.25, 0.3) is 5.69 Å². The van der Waals surface area contributed by atoms with E-state index in [1.165, 1.54) is 37.3 Å². The topological polar surface area (TPSA) is 86.3 Å². The van der Waals surface area contributed by atoms with Crippen LogP contribution in [-0.4, -0.2) is 9.85 Å². The third-order valence-corrected chi connectivity index (χ3v) is 1.77. The van der Waals surface area contributed by atoms with E-state index >= 15 is 0 Å². The summed E-state index contributed by atoms with van der Waals surface area (Å²) >= 11 is 0. The molecule has 0 radical (unpaired) electrons. The molecule has 0 fully saturated rings. The van der Waals surface area contributed by atoms with Crippen LogP contribution in [0.5, 0.6) is 0 Å². The lowest BCUT2D eigenvalue weighted by molar-refractivity contribution is -0.422. The van der Waals surface area contributed by atoms with Crippen molar-refractivity contribution < 1.29 is 9.85 Å². The maximum atomic E-state index is 10.3. The van der Waals surface area contributed by atoms with Crippen molar-refractivity contribution in [2.45, 2.75) is 6.92 Å². The van der Waals surface area contributed by atoms with Crippen LogP contribution in [0.15, 0.2) is 30.0 Å². The summed E-state index contributed by atoms with van der Waals surface area (Å²) in [5.74, 6) is 0. The number of nitro benzene ring substituents is 1. The van der Waals surface area contributed by atoms with Crippen molar-refractivity contribution in [1.82, 2.24) is 0 Å². The third kappa shape index (κ3) is 2.87. The molecular formula is C9H8N2O4. The van der Waals surface area contributed by atoms with Gasteiger partial charge in [-0.1, -0.05) is 0 Å². The highest BCUT2D eigenvalue weighted by Gasteiger charge is 2.05. The Kier molecular flexibility index (Phi) is 3.12. The molecule has 0 spiro atoms. The van der Waals surface area contributed by atoms with Gasteiger partial charge in [-0.05, 0) is 17.7 Å². The van der Waals surface area contributed by atoms with E-state index in [9.17, 15) is 20.2 Å². The normalized spacial score (nSPS) is 11.1. The second kappa shape index (κ2) is 4.32. The van der Waals surface area contributed by atoms with Gasteiger partial charge in [0.1, 0.15) is 0 Å². The van der Waals surface area contributed by atoms with Gasteiger partial charge in [-0.25, -0.2) is 0 Å². The van der Waals surface area contributed by atoms with Crippen LogP contribution >= 0.6 is 0 Å². The molecule has 78 valence electrons. The van der Waals surface area contributed by atoms with Crippen molar-refractivity contribution >= 4 is 11.8 Å². The summed E-state index contributed by atoms with van der Waals surface area (Å²) in [6.07, 6.45) is 1.35. The van der Waals surface area contributed by atoms with Gasteiger partial charge in [0.15, 0.2) is 0 Å². The maximum Gasteiger partial charge on any atom is 0.269 e. The van der Waals surface area contributed by atoms with E-state index in [0.717, 1.165) is 0 Å². The van der Waals surface area contributed by atoms with Gasteiger partial charge in [-0.15, -0.1) is 0 Å². The number of allylic oxidation sites excluding steroid dienone is 1. The average molecular weight is 208 g/mol. The third-order valence-electron chi connectivity index (χ3n) is 1.77. The Morgan fingerprint density at radius 1 is 1.20 bits per heavy atom. The van der Waals surface area contributed by atoms with Gasteiger partial charge >= 0.3 is 0 Å². The lowest BCUT2D eigenvalue weighted by Gasteiger charge is -1.93. The molecule has 0 bridgehead atoms. The number of nitrogens with zero attached hydrogens (tertiary/aromatic N) is 2. The minimum atomic E-state index is -0.520. The van der Waals surface area contributed by atoms with E-state index in [-0.39, 0.29) is 11.4 Å². The summed E-state index contributed by atoms with van der Waals surface area (Å²) < 4.78 is 0. The van der Waals surface area contributed by atoms with Gasteiger partial charge in [0.05, 0.1) is 9.85 Å². The summed E-state index contributed by atoms with van der Waals surface area (Å²) in [6, 6.07) is 5.54. The molecule has 0 heterocycles. The smallest absolute Gasteiger partial charge is 0.259 e. The summed E-state index contributed by atoms with van der Waals surface area (Å²) in [6.45, 7) is 1.36. The highest BCUT2D eigenvalue weighted by atomic mass is 16.6. The van der Waals surface area contributed by atoms with Gasteiger partial charge in [-0.3, -0.25) is 20.2 Å². The van der Waals surface area contributed by atoms with Crippen LogP contribution in [0.3, 0.4) is 0 Å². The van der Waals surface area contributed by atoms with Crippen molar-refractivity contribution in [1.29, 1.82) is 0 Å². The summed E-state index contributed by atoms with van der Waals surface area (Å²) in [4.78, 5) is 19.6. The van der Waals surface area contributed by atoms with Crippen LogP contribution < -0.4 is 0 Å². The number of benzene rings is 1. The fraction of sp³-hybridized carbons (Fsp3) is 0.111. The zero-order valence-corrected chi connectivity index (χ0v) is 7.91. The second-order valence-electron chi connectivity index (χ2n) is 2.89. The predicted octanol–water partition coefficient (Wildman–Crippen LogP) is 2.23. The first-order chi connectivity index (χ1) is 7.00. The maximum absolute atomic E-state index is 10.3. The van der Waals surface area contributed by atoms with Crippen molar-refractivity contribution in [3.63, 3.8) is 0 Å². The second-order valence-corrected chi connectivity index (χ2v) is 2.89. The molecule has 0 saturated heterocycles. The monoisotopic (exact) mass is 208 g/mol. The van der Waals surface area contributed by atoms with Crippen molar-refractivity contribution in [3.05, 3.63) is 55.8 Å². The lowest BCUT2D eigenvalue weighted by atomic mass is 10.2. The molecule has 0 aliphatic heterocycles. The van der Waals surface area contributed by atoms with Crippen LogP contribution in [0.1, 0.15) is 12.5 Å². The lowest BCUT2D eigenvalue weighted by Crippen LogP contribution is -1.93. The molecule has 1 rings (SSSR count). The van der Waals surface area contributed by atoms with Crippen LogP contribution in [0.4, 0.5) is 5.69 Å². The molecule has 0 saturated carbocycles. The molecule has 0 N–H and O–H groups in total. The van der Waals surface area contributed by atoms with E-state index in [0.29, 0.717) is 5.56 Å². The molecule has 15 heavy (non-hydrogen) atoms. The molecule has 0 aliphatic carbocycles. The Morgan fingerprint density at radius 2 is 1.73 bits per heavy atom. The standard InChI is InChI=1S/C9H8N2O4/c1-7(10(12)13)6-8-2-4-9(5-3-8)11(14)15/h2-6H,1H3/b7-6-. The van der Waals surface area contributed by atoms with Gasteiger partial charge in [0, 0.05) is 25.1 Å². The first-order valence-corrected chi connectivity index (χ1v) is 4.08. The van der Waals surface area contributed by atoms with E-state index < -0.39 is 9.85 Å². The Labute approximate surface area is 85.1 Å². The Morgan fingerprint density at radius 3 is 2.13 bits per heavy atom. The number of hydrogen-bond donors (Lipinski definition) is 0. The Balaban J connectivity index is 2.95. The molecule has 6 nitrogen and oxygen atoms in total. The minimum Gasteiger partial charge on any atom is -0.259 e. The number of nitro groups is 2. The molecular weight excluding hydrogens is 200 g/mol. The Hall–Kier alpha value is -2.24. The first kappa shape index (κ1) is 10.8. The minimum absolute atomic E-state index is 0.0103. The SMILES string of the molecule is C/C(=C/c1ccc([N+](=O)[O-])cc1)[N+](=O)[O-]. The molecule has 6 heteroatoms. The van der Waals surface area contributed by atoms with E-state index in [1.54, 1.807) is 0 Å². The van der Waals surface area contributed by atoms with Gasteiger partial charge < -0.3 is 0 Å². The summed E-state index contributed by atoms with van der Waals surface area (Å²) in [7, 11) is 0.